The molecule has 1 aliphatic rings. The number of pyridine rings is 1. The van der Waals surface area contributed by atoms with Gasteiger partial charge in [-0.05, 0) is 54.3 Å². The molecular formula is C23H20N4O2S. The lowest BCUT2D eigenvalue weighted by Crippen LogP contribution is -2.18. The monoisotopic (exact) mass is 416 g/mol. The standard InChI is InChI=1S/C23H20N4O2S/c28-22(19-5-3-13-27(19)14-16-9-11-24-12-10-16)26-23-25-18(15-30-23)21-8-7-17-4-1-2-6-20(17)29-21/h1-6,9-13,15,21H,7-8,14H2,(H,25,26,28). The molecule has 0 spiro atoms. The van der Waals surface area contributed by atoms with E-state index in [1.807, 2.05) is 58.6 Å². The summed E-state index contributed by atoms with van der Waals surface area (Å²) in [5.41, 5.74) is 3.76. The first-order valence-electron chi connectivity index (χ1n) is 9.81. The number of hydrogen-bond acceptors (Lipinski definition) is 5. The number of nitrogens with one attached hydrogen (secondary N) is 1. The van der Waals surface area contributed by atoms with Crippen LogP contribution in [0, 0.1) is 0 Å². The van der Waals surface area contributed by atoms with Crippen molar-refractivity contribution in [2.45, 2.75) is 25.5 Å². The molecule has 0 saturated heterocycles. The second-order valence-corrected chi connectivity index (χ2v) is 8.02. The van der Waals surface area contributed by atoms with E-state index in [9.17, 15) is 4.79 Å². The molecule has 1 N–H and O–H groups in total. The van der Waals surface area contributed by atoms with Gasteiger partial charge in [0.25, 0.3) is 5.91 Å². The minimum Gasteiger partial charge on any atom is -0.484 e. The Kier molecular flexibility index (Phi) is 5.03. The Labute approximate surface area is 178 Å². The van der Waals surface area contributed by atoms with E-state index in [0.29, 0.717) is 17.4 Å². The van der Waals surface area contributed by atoms with Gasteiger partial charge in [-0.2, -0.15) is 0 Å². The summed E-state index contributed by atoms with van der Waals surface area (Å²) < 4.78 is 8.03. The van der Waals surface area contributed by atoms with Gasteiger partial charge < -0.3 is 9.30 Å². The number of anilines is 1. The maximum absolute atomic E-state index is 12.8. The third-order valence-corrected chi connectivity index (χ3v) is 5.93. The van der Waals surface area contributed by atoms with Gasteiger partial charge in [0.15, 0.2) is 5.13 Å². The third-order valence-electron chi connectivity index (χ3n) is 5.15. The number of para-hydroxylation sites is 1. The average molecular weight is 417 g/mol. The zero-order valence-corrected chi connectivity index (χ0v) is 17.0. The van der Waals surface area contributed by atoms with E-state index in [0.717, 1.165) is 29.8 Å². The smallest absolute Gasteiger partial charge is 0.274 e. The van der Waals surface area contributed by atoms with Gasteiger partial charge in [-0.15, -0.1) is 11.3 Å². The first kappa shape index (κ1) is 18.6. The van der Waals surface area contributed by atoms with Gasteiger partial charge in [-0.3, -0.25) is 15.1 Å². The molecular weight excluding hydrogens is 396 g/mol. The van der Waals surface area contributed by atoms with Gasteiger partial charge in [0.1, 0.15) is 17.5 Å². The number of thiazole rings is 1. The Hall–Kier alpha value is -3.45. The second-order valence-electron chi connectivity index (χ2n) is 7.16. The van der Waals surface area contributed by atoms with Crippen LogP contribution in [-0.4, -0.2) is 20.4 Å². The SMILES string of the molecule is O=C(Nc1nc(C2CCc3ccccc3O2)cs1)c1cccn1Cc1ccncc1. The summed E-state index contributed by atoms with van der Waals surface area (Å²) in [5, 5.41) is 5.47. The minimum absolute atomic E-state index is 0.0858. The first-order chi connectivity index (χ1) is 14.8. The molecule has 6 nitrogen and oxygen atoms in total. The molecule has 0 bridgehead atoms. The van der Waals surface area contributed by atoms with Crippen molar-refractivity contribution in [2.75, 3.05) is 5.32 Å². The fourth-order valence-electron chi connectivity index (χ4n) is 3.63. The number of carbonyl (C=O) groups is 1. The molecule has 1 aromatic carbocycles. The van der Waals surface area contributed by atoms with Crippen molar-refractivity contribution in [3.8, 4) is 5.75 Å². The van der Waals surface area contributed by atoms with Gasteiger partial charge in [-0.1, -0.05) is 18.2 Å². The quantitative estimate of drug-likeness (QED) is 0.512. The first-order valence-corrected chi connectivity index (χ1v) is 10.7. The number of aromatic nitrogens is 3. The fraction of sp³-hybridized carbons (Fsp3) is 0.174. The summed E-state index contributed by atoms with van der Waals surface area (Å²) in [5.74, 6) is 0.742. The van der Waals surface area contributed by atoms with Gasteiger partial charge in [0.05, 0.1) is 5.69 Å². The largest absolute Gasteiger partial charge is 0.484 e. The second kappa shape index (κ2) is 8.12. The van der Waals surface area contributed by atoms with Crippen LogP contribution in [0.2, 0.25) is 0 Å². The highest BCUT2D eigenvalue weighted by Crippen LogP contribution is 2.35. The molecule has 1 aliphatic heterocycles. The number of nitrogens with zero attached hydrogens (tertiary/aromatic N) is 3. The summed E-state index contributed by atoms with van der Waals surface area (Å²) >= 11 is 1.42. The van der Waals surface area contributed by atoms with E-state index < -0.39 is 0 Å². The lowest BCUT2D eigenvalue weighted by Gasteiger charge is -2.24. The molecule has 0 aliphatic carbocycles. The van der Waals surface area contributed by atoms with Crippen molar-refractivity contribution in [1.29, 1.82) is 0 Å². The molecule has 0 fully saturated rings. The highest BCUT2D eigenvalue weighted by molar-refractivity contribution is 7.14. The van der Waals surface area contributed by atoms with Crippen molar-refractivity contribution in [3.05, 3.63) is 95.0 Å². The zero-order chi connectivity index (χ0) is 20.3. The predicted octanol–water partition coefficient (Wildman–Crippen LogP) is 4.71. The number of fused-ring (bicyclic) bond motifs is 1. The fourth-order valence-corrected chi connectivity index (χ4v) is 4.37. The summed E-state index contributed by atoms with van der Waals surface area (Å²) in [6.07, 6.45) is 7.15. The van der Waals surface area contributed by atoms with Gasteiger partial charge in [0, 0.05) is 30.5 Å². The normalized spacial score (nSPS) is 15.3. The molecule has 30 heavy (non-hydrogen) atoms. The lowest BCUT2D eigenvalue weighted by molar-refractivity contribution is 0.101. The predicted molar refractivity (Wildman–Crippen MR) is 116 cm³/mol. The molecule has 1 amide bonds. The van der Waals surface area contributed by atoms with E-state index in [4.69, 9.17) is 4.74 Å². The maximum atomic E-state index is 12.8. The Morgan fingerprint density at radius 2 is 2.03 bits per heavy atom. The Bertz CT molecular complexity index is 1170. The number of amides is 1. The van der Waals surface area contributed by atoms with Crippen molar-refractivity contribution < 1.29 is 9.53 Å². The topological polar surface area (TPSA) is 69.0 Å². The molecule has 0 radical (unpaired) electrons. The molecule has 1 atom stereocenters. The number of hydrogen-bond donors (Lipinski definition) is 1. The number of benzene rings is 1. The molecule has 150 valence electrons. The van der Waals surface area contributed by atoms with Crippen molar-refractivity contribution in [2.24, 2.45) is 0 Å². The highest BCUT2D eigenvalue weighted by atomic mass is 32.1. The van der Waals surface area contributed by atoms with E-state index in [1.165, 1.54) is 16.9 Å². The van der Waals surface area contributed by atoms with E-state index in [-0.39, 0.29) is 12.0 Å². The van der Waals surface area contributed by atoms with Crippen LogP contribution in [0.25, 0.3) is 0 Å². The highest BCUT2D eigenvalue weighted by Gasteiger charge is 2.23. The van der Waals surface area contributed by atoms with Crippen LogP contribution in [-0.2, 0) is 13.0 Å². The molecule has 3 aromatic heterocycles. The molecule has 4 heterocycles. The van der Waals surface area contributed by atoms with Crippen molar-refractivity contribution >= 4 is 22.4 Å². The number of aryl methyl sites for hydroxylation is 1. The van der Waals surface area contributed by atoms with Crippen LogP contribution >= 0.6 is 11.3 Å². The van der Waals surface area contributed by atoms with Crippen LogP contribution in [0.1, 0.15) is 39.8 Å². The summed E-state index contributed by atoms with van der Waals surface area (Å²) in [7, 11) is 0. The van der Waals surface area contributed by atoms with E-state index in [2.05, 4.69) is 21.4 Å². The van der Waals surface area contributed by atoms with Crippen molar-refractivity contribution in [3.63, 3.8) is 0 Å². The van der Waals surface area contributed by atoms with Crippen LogP contribution in [0.15, 0.2) is 72.5 Å². The third kappa shape index (κ3) is 3.84. The zero-order valence-electron chi connectivity index (χ0n) is 16.2. The van der Waals surface area contributed by atoms with Gasteiger partial charge in [0.2, 0.25) is 0 Å². The van der Waals surface area contributed by atoms with Crippen molar-refractivity contribution in [1.82, 2.24) is 14.5 Å². The maximum Gasteiger partial charge on any atom is 0.274 e. The Morgan fingerprint density at radius 3 is 2.93 bits per heavy atom. The number of carbonyl (C=O) groups excluding carboxylic acids is 1. The minimum atomic E-state index is -0.176. The van der Waals surface area contributed by atoms with Crippen LogP contribution in [0.5, 0.6) is 5.75 Å². The molecule has 0 saturated carbocycles. The van der Waals surface area contributed by atoms with Crippen LogP contribution < -0.4 is 10.1 Å². The average Bonchev–Trinajstić information content (AvgIpc) is 3.44. The summed E-state index contributed by atoms with van der Waals surface area (Å²) in [6, 6.07) is 15.7. The van der Waals surface area contributed by atoms with Crippen LogP contribution in [0.4, 0.5) is 5.13 Å². The molecule has 7 heteroatoms. The van der Waals surface area contributed by atoms with Gasteiger partial charge in [-0.25, -0.2) is 4.98 Å². The Balaban J connectivity index is 1.27. The summed E-state index contributed by atoms with van der Waals surface area (Å²) in [4.78, 5) is 21.5. The Morgan fingerprint density at radius 1 is 1.17 bits per heavy atom. The van der Waals surface area contributed by atoms with E-state index >= 15 is 0 Å². The number of rotatable bonds is 5. The summed E-state index contributed by atoms with van der Waals surface area (Å²) in [6.45, 7) is 0.608. The lowest BCUT2D eigenvalue weighted by atomic mass is 10.0. The van der Waals surface area contributed by atoms with Crippen LogP contribution in [0.3, 0.4) is 0 Å². The number of ether oxygens (including phenoxy) is 1. The van der Waals surface area contributed by atoms with E-state index in [1.54, 1.807) is 12.4 Å². The molecule has 4 aromatic rings. The van der Waals surface area contributed by atoms with Gasteiger partial charge >= 0.3 is 0 Å². The molecule has 5 rings (SSSR count). The molecule has 1 unspecified atom stereocenters.